The molecule has 1 aromatic rings. The van der Waals surface area contributed by atoms with Gasteiger partial charge in [-0.3, -0.25) is 4.79 Å². The molecule has 12 atom stereocenters. The number of nitrogens with two attached hydrogens (primary N) is 1. The van der Waals surface area contributed by atoms with Gasteiger partial charge in [-0.15, -0.1) is 10.2 Å². The van der Waals surface area contributed by atoms with Gasteiger partial charge in [0.1, 0.15) is 6.04 Å². The number of carboxylic acid groups (broad SMARTS) is 1. The van der Waals surface area contributed by atoms with Crippen LogP contribution in [0.5, 0.6) is 0 Å². The maximum atomic E-state index is 13.4. The fraction of sp³-hybridized carbons (Fsp3) is 0.895. The number of aryl methyl sites for hydroxylation is 1. The van der Waals surface area contributed by atoms with Crippen molar-refractivity contribution in [2.45, 2.75) is 132 Å². The van der Waals surface area contributed by atoms with E-state index < -0.39 is 17.4 Å². The molecule has 2 heterocycles. The molecule has 1 saturated heterocycles. The Morgan fingerprint density at radius 2 is 1.83 bits per heavy atom. The number of rotatable bonds is 8. The summed E-state index contributed by atoms with van der Waals surface area (Å²) in [4.78, 5) is 15.2. The summed E-state index contributed by atoms with van der Waals surface area (Å²) in [6, 6.07) is -0.113. The Morgan fingerprint density at radius 1 is 1.13 bits per heavy atom. The van der Waals surface area contributed by atoms with Crippen LogP contribution in [0.15, 0.2) is 11.6 Å². The van der Waals surface area contributed by atoms with E-state index in [1.54, 1.807) is 0 Å². The summed E-state index contributed by atoms with van der Waals surface area (Å²) in [5, 5.41) is 24.7. The molecule has 1 aliphatic heterocycles. The van der Waals surface area contributed by atoms with E-state index in [0.29, 0.717) is 49.3 Å². The maximum Gasteiger partial charge on any atom is 0.307 e. The molecular formula is C38H63N5O4. The summed E-state index contributed by atoms with van der Waals surface area (Å²) in [6.45, 7) is 26.2. The van der Waals surface area contributed by atoms with Gasteiger partial charge in [0.2, 0.25) is 0 Å². The van der Waals surface area contributed by atoms with Crippen molar-refractivity contribution in [3.63, 3.8) is 0 Å². The minimum Gasteiger partial charge on any atom is -0.481 e. The van der Waals surface area contributed by atoms with E-state index >= 15 is 0 Å². The number of nitrogens with zero attached hydrogens (tertiary/aromatic N) is 4. The molecule has 3 saturated carbocycles. The van der Waals surface area contributed by atoms with E-state index in [9.17, 15) is 9.90 Å². The lowest BCUT2D eigenvalue weighted by atomic mass is 9.34. The highest BCUT2D eigenvalue weighted by Gasteiger charge is 2.72. The first kappa shape index (κ1) is 35.0. The number of allylic oxidation sites excluding steroid dienone is 1. The van der Waals surface area contributed by atoms with Crippen molar-refractivity contribution in [2.75, 3.05) is 19.8 Å². The third-order valence-electron chi connectivity index (χ3n) is 15.8. The highest BCUT2D eigenvalue weighted by atomic mass is 16.5. The number of tetrazole rings is 1. The summed E-state index contributed by atoms with van der Waals surface area (Å²) in [7, 11) is 0. The van der Waals surface area contributed by atoms with Gasteiger partial charge in [-0.1, -0.05) is 74.0 Å². The van der Waals surface area contributed by atoms with Crippen LogP contribution in [0.25, 0.3) is 0 Å². The van der Waals surface area contributed by atoms with Crippen LogP contribution in [0.2, 0.25) is 0 Å². The second-order valence-electron chi connectivity index (χ2n) is 18.7. The fourth-order valence-electron chi connectivity index (χ4n) is 12.0. The van der Waals surface area contributed by atoms with Crippen molar-refractivity contribution in [1.29, 1.82) is 0 Å². The van der Waals surface area contributed by atoms with Gasteiger partial charge in [-0.2, -0.15) is 4.80 Å². The Kier molecular flexibility index (Phi) is 8.45. The lowest BCUT2D eigenvalue weighted by Gasteiger charge is -2.71. The van der Waals surface area contributed by atoms with Gasteiger partial charge in [0, 0.05) is 16.4 Å². The van der Waals surface area contributed by atoms with Gasteiger partial charge in [0.05, 0.1) is 31.8 Å². The summed E-state index contributed by atoms with van der Waals surface area (Å²) in [6.07, 6.45) is 8.06. The maximum absolute atomic E-state index is 13.4. The van der Waals surface area contributed by atoms with Crippen LogP contribution in [-0.2, 0) is 14.3 Å². The van der Waals surface area contributed by atoms with E-state index in [1.165, 1.54) is 5.57 Å². The summed E-state index contributed by atoms with van der Waals surface area (Å²) < 4.78 is 13.6. The van der Waals surface area contributed by atoms with Crippen LogP contribution in [0, 0.1) is 69.5 Å². The largest absolute Gasteiger partial charge is 0.481 e. The average Bonchev–Trinajstić information content (AvgIpc) is 3.42. The summed E-state index contributed by atoms with van der Waals surface area (Å²) >= 11 is 0. The molecule has 9 heteroatoms. The normalized spacial score (nSPS) is 45.0. The zero-order chi connectivity index (χ0) is 34.5. The number of aliphatic carboxylic acids is 1. The lowest BCUT2D eigenvalue weighted by Crippen LogP contribution is -2.69. The molecule has 1 aromatic heterocycles. The van der Waals surface area contributed by atoms with Crippen molar-refractivity contribution in [2.24, 2.45) is 68.3 Å². The molecule has 0 amide bonds. The number of fused-ring (bicyclic) bond motifs is 3. The van der Waals surface area contributed by atoms with Crippen LogP contribution in [0.3, 0.4) is 0 Å². The smallest absolute Gasteiger partial charge is 0.307 e. The highest BCUT2D eigenvalue weighted by Crippen LogP contribution is 2.75. The van der Waals surface area contributed by atoms with Crippen LogP contribution < -0.4 is 5.73 Å². The molecule has 1 unspecified atom stereocenters. The molecule has 0 radical (unpaired) electrons. The Morgan fingerprint density at radius 3 is 2.43 bits per heavy atom. The van der Waals surface area contributed by atoms with E-state index in [0.717, 1.165) is 38.5 Å². The Bertz CT molecular complexity index is 1410. The minimum atomic E-state index is -0.621. The SMILES string of the molecule is Cc1nnn([C@@H]2CC34COC[C@@](C)([C@@H]3CC[C@H]3C4=CC[C@@]4(C)[C@H](C(=O)O)[C@@](C)([C@H](C)C(C)C)CC[C@]34C)[C@H]2OC[C@](C)(N)C(C)C)n1. The van der Waals surface area contributed by atoms with Gasteiger partial charge < -0.3 is 20.3 Å². The van der Waals surface area contributed by atoms with E-state index in [2.05, 4.69) is 85.6 Å². The molecule has 4 aliphatic carbocycles. The molecule has 6 rings (SSSR count). The third kappa shape index (κ3) is 4.85. The topological polar surface area (TPSA) is 125 Å². The molecule has 0 aromatic carbocycles. The molecule has 47 heavy (non-hydrogen) atoms. The predicted octanol–water partition coefficient (Wildman–Crippen LogP) is 6.87. The molecule has 5 aliphatic rings. The highest BCUT2D eigenvalue weighted by molar-refractivity contribution is 5.73. The summed E-state index contributed by atoms with van der Waals surface area (Å²) in [5.41, 5.74) is 6.61. The second kappa shape index (κ2) is 11.3. The first-order valence-corrected chi connectivity index (χ1v) is 18.5. The number of ether oxygens (including phenoxy) is 2. The molecule has 0 spiro atoms. The minimum absolute atomic E-state index is 0.113. The zero-order valence-corrected chi connectivity index (χ0v) is 31.1. The zero-order valence-electron chi connectivity index (χ0n) is 31.1. The number of aromatic nitrogens is 4. The fourth-order valence-corrected chi connectivity index (χ4v) is 12.0. The lowest BCUT2D eigenvalue weighted by molar-refractivity contribution is -0.253. The van der Waals surface area contributed by atoms with Gasteiger partial charge in [-0.25, -0.2) is 0 Å². The van der Waals surface area contributed by atoms with Crippen molar-refractivity contribution < 1.29 is 19.4 Å². The van der Waals surface area contributed by atoms with E-state index in [-0.39, 0.29) is 45.1 Å². The third-order valence-corrected chi connectivity index (χ3v) is 15.8. The van der Waals surface area contributed by atoms with Crippen molar-refractivity contribution in [3.8, 4) is 0 Å². The van der Waals surface area contributed by atoms with Crippen molar-refractivity contribution in [3.05, 3.63) is 17.5 Å². The Hall–Kier alpha value is -1.84. The van der Waals surface area contributed by atoms with Crippen LogP contribution >= 0.6 is 0 Å². The first-order valence-electron chi connectivity index (χ1n) is 18.5. The molecule has 9 nitrogen and oxygen atoms in total. The number of carbonyl (C=O) groups is 1. The van der Waals surface area contributed by atoms with Gasteiger partial charge in [0.25, 0.3) is 0 Å². The van der Waals surface area contributed by atoms with Crippen LogP contribution in [0.1, 0.15) is 120 Å². The average molecular weight is 654 g/mol. The monoisotopic (exact) mass is 653 g/mol. The predicted molar refractivity (Wildman–Crippen MR) is 182 cm³/mol. The van der Waals surface area contributed by atoms with Gasteiger partial charge in [-0.05, 0) is 103 Å². The van der Waals surface area contributed by atoms with Gasteiger partial charge in [0.15, 0.2) is 5.82 Å². The number of carboxylic acids is 1. The number of hydrogen-bond acceptors (Lipinski definition) is 7. The van der Waals surface area contributed by atoms with Gasteiger partial charge >= 0.3 is 5.97 Å². The standard InChI is InChI=1S/C38H63N5O4/c1-22(2)24(5)33(7)16-17-35(9)26-12-13-29-34(8)19-46-21-38(29,27(26)14-15-36(35,10)30(33)32(44)45)18-28(43-41-25(6)40-42-43)31(34)47-20-37(11,39)23(3)4/h14,22-24,26,28-31H,12-13,15-21,39H2,1-11H3,(H,44,45)/t24-,26+,28-,29+,30-,31+,33-,34+,35-,36+,37+,38?/m1/s1. The van der Waals surface area contributed by atoms with E-state index in [4.69, 9.17) is 20.3 Å². The Labute approximate surface area is 283 Å². The summed E-state index contributed by atoms with van der Waals surface area (Å²) in [5.74, 6) is 1.32. The first-order chi connectivity index (χ1) is 21.8. The molecule has 4 fully saturated rings. The quantitative estimate of drug-likeness (QED) is 0.291. The Balaban J connectivity index is 1.44. The molecule has 2 bridgehead atoms. The van der Waals surface area contributed by atoms with E-state index in [1.807, 2.05) is 11.7 Å². The number of hydrogen-bond donors (Lipinski definition) is 2. The molecule has 264 valence electrons. The molecule has 3 N–H and O–H groups in total. The van der Waals surface area contributed by atoms with Crippen molar-refractivity contribution >= 4 is 5.97 Å². The van der Waals surface area contributed by atoms with Crippen LogP contribution in [0.4, 0.5) is 0 Å². The second-order valence-corrected chi connectivity index (χ2v) is 18.7. The van der Waals surface area contributed by atoms with Crippen LogP contribution in [-0.4, -0.2) is 62.7 Å². The molecular weight excluding hydrogens is 590 g/mol. The van der Waals surface area contributed by atoms with Crippen molar-refractivity contribution in [1.82, 2.24) is 20.2 Å².